The third-order valence-electron chi connectivity index (χ3n) is 1.27. The van der Waals surface area contributed by atoms with Gasteiger partial charge < -0.3 is 0 Å². The number of rotatable bonds is 0. The predicted molar refractivity (Wildman–Crippen MR) is 54.9 cm³/mol. The first kappa shape index (κ1) is 4.67. The molecule has 0 N–H and O–H groups in total. The molecule has 0 bridgehead atoms. The van der Waals surface area contributed by atoms with E-state index in [1.165, 1.54) is 0 Å². The van der Waals surface area contributed by atoms with Crippen LogP contribution in [0.1, 0.15) is 5.48 Å². The van der Waals surface area contributed by atoms with Crippen molar-refractivity contribution < 1.29 is 5.48 Å². The highest BCUT2D eigenvalue weighted by atomic mass is 79.9. The first-order valence-corrected chi connectivity index (χ1v) is 4.61. The molecule has 0 amide bonds. The van der Waals surface area contributed by atoms with E-state index in [0.717, 1.165) is 0 Å². The van der Waals surface area contributed by atoms with Crippen LogP contribution in [0.4, 0.5) is 0 Å². The van der Waals surface area contributed by atoms with E-state index in [0.29, 0.717) is 4.60 Å². The van der Waals surface area contributed by atoms with Gasteiger partial charge in [0.2, 0.25) is 0 Å². The molecule has 2 rings (SSSR count). The summed E-state index contributed by atoms with van der Waals surface area (Å²) in [5.74, 6) is 0. The number of fused-ring (bicyclic) bond motifs is 1. The maximum absolute atomic E-state index is 7.72. The van der Waals surface area contributed by atoms with Gasteiger partial charge in [-0.25, -0.2) is 9.97 Å². The zero-order valence-corrected chi connectivity index (χ0v) is 8.82. The molecule has 12 heavy (non-hydrogen) atoms. The highest BCUT2D eigenvalue weighted by molar-refractivity contribution is 9.11. The molecule has 4 heteroatoms. The Morgan fingerprint density at radius 3 is 2.75 bits per heavy atom. The van der Waals surface area contributed by atoms with Crippen molar-refractivity contribution in [1.29, 1.82) is 0 Å². The van der Waals surface area contributed by atoms with Crippen molar-refractivity contribution >= 4 is 42.8 Å². The van der Waals surface area contributed by atoms with Gasteiger partial charge in [-0.3, -0.25) is 0 Å². The molecule has 0 aliphatic carbocycles. The largest absolute Gasteiger partial charge is 0.222 e. The van der Waals surface area contributed by atoms with Gasteiger partial charge in [0, 0.05) is 5.39 Å². The van der Waals surface area contributed by atoms with Crippen LogP contribution in [0.15, 0.2) is 33.5 Å². The van der Waals surface area contributed by atoms with Crippen LogP contribution < -0.4 is 0 Å². The Balaban J connectivity index is 3.08. The smallest absolute Gasteiger partial charge is 0.198 e. The van der Waals surface area contributed by atoms with Crippen LogP contribution in [-0.2, 0) is 0 Å². The van der Waals surface area contributed by atoms with Gasteiger partial charge in [0.1, 0.15) is 4.60 Å². The van der Waals surface area contributed by atoms with Crippen LogP contribution in [-0.4, -0.2) is 9.97 Å². The lowest BCUT2D eigenvalue weighted by molar-refractivity contribution is 1.13. The second kappa shape index (κ2) is 3.11. The average molecular weight is 292 g/mol. The summed E-state index contributed by atoms with van der Waals surface area (Å²) >= 11 is 6.24. The quantitative estimate of drug-likeness (QED) is 0.550. The second-order valence-electron chi connectivity index (χ2n) is 2.01. The third-order valence-corrected chi connectivity index (χ3v) is 2.20. The third kappa shape index (κ3) is 1.36. The van der Waals surface area contributed by atoms with Gasteiger partial charge in [-0.05, 0) is 37.9 Å². The van der Waals surface area contributed by atoms with E-state index in [1.807, 2.05) is 0 Å². The number of aromatic nitrogens is 2. The highest BCUT2D eigenvalue weighted by Gasteiger charge is 2.01. The topological polar surface area (TPSA) is 25.8 Å². The van der Waals surface area contributed by atoms with Crippen LogP contribution in [0.3, 0.4) is 0 Å². The minimum Gasteiger partial charge on any atom is -0.222 e. The summed E-state index contributed by atoms with van der Waals surface area (Å²) in [5, 5.41) is 0.286. The van der Waals surface area contributed by atoms with Crippen molar-refractivity contribution in [3.63, 3.8) is 0 Å². The van der Waals surface area contributed by atoms with Crippen LogP contribution in [0.5, 0.6) is 0 Å². The Bertz CT molecular complexity index is 603. The first-order chi connectivity index (χ1) is 7.43. The first-order valence-electron chi connectivity index (χ1n) is 5.02. The fourth-order valence-electron chi connectivity index (χ4n) is 0.793. The number of para-hydroxylation sites is 1. The lowest BCUT2D eigenvalue weighted by atomic mass is 10.2. The van der Waals surface area contributed by atoms with Gasteiger partial charge >= 0.3 is 0 Å². The number of hydrogen-bond donors (Lipinski definition) is 0. The van der Waals surface area contributed by atoms with Crippen molar-refractivity contribution in [2.75, 3.05) is 0 Å². The summed E-state index contributed by atoms with van der Waals surface area (Å²) < 4.78 is 31.1. The van der Waals surface area contributed by atoms with E-state index in [2.05, 4.69) is 41.8 Å². The monoisotopic (exact) mass is 290 g/mol. The summed E-state index contributed by atoms with van der Waals surface area (Å²) in [5.41, 5.74) is 0.194. The van der Waals surface area contributed by atoms with E-state index >= 15 is 0 Å². The van der Waals surface area contributed by atoms with Crippen molar-refractivity contribution in [2.45, 2.75) is 0 Å². The molecule has 2 aromatic rings. The zero-order valence-electron chi connectivity index (χ0n) is 9.65. The molecule has 2 nitrogen and oxygen atoms in total. The zero-order chi connectivity index (χ0) is 12.0. The van der Waals surface area contributed by atoms with Gasteiger partial charge in [0.05, 0.1) is 11.0 Å². The van der Waals surface area contributed by atoms with E-state index in [4.69, 9.17) is 5.48 Å². The number of nitrogens with zero attached hydrogens (tertiary/aromatic N) is 2. The molecule has 0 aliphatic heterocycles. The minimum atomic E-state index is -0.296. The molecule has 0 atom stereocenters. The van der Waals surface area contributed by atoms with E-state index in [9.17, 15) is 0 Å². The SMILES string of the molecule is [2H]c1c([2H])c([2H])c2c(Br)nc(Br)nc2c1[2H]. The Hall–Kier alpha value is -0.480. The molecule has 0 spiro atoms. The van der Waals surface area contributed by atoms with Gasteiger partial charge in [-0.2, -0.15) is 0 Å². The molecule has 60 valence electrons. The molecule has 1 heterocycles. The summed E-state index contributed by atoms with van der Waals surface area (Å²) in [6, 6.07) is -0.894. The maximum atomic E-state index is 7.72. The Morgan fingerprint density at radius 2 is 1.92 bits per heavy atom. The van der Waals surface area contributed by atoms with Crippen molar-refractivity contribution in [3.05, 3.63) is 33.5 Å². The molecular formula is C8H4Br2N2. The maximum Gasteiger partial charge on any atom is 0.198 e. The standard InChI is InChI=1S/C8H4Br2N2/c9-7-5-3-1-2-4-6(5)11-8(10)12-7/h1-4H/i1D,2D,3D,4D. The average Bonchev–Trinajstić information content (AvgIpc) is 2.22. The number of halogens is 2. The molecule has 1 aromatic carbocycles. The molecule has 0 unspecified atom stereocenters. The van der Waals surface area contributed by atoms with Gasteiger partial charge in [-0.1, -0.05) is 18.1 Å². The summed E-state index contributed by atoms with van der Waals surface area (Å²) in [7, 11) is 0. The van der Waals surface area contributed by atoms with Crippen LogP contribution >= 0.6 is 31.9 Å². The van der Waals surface area contributed by atoms with E-state index in [1.54, 1.807) is 0 Å². The van der Waals surface area contributed by atoms with Crippen LogP contribution in [0.25, 0.3) is 10.9 Å². The Labute approximate surface area is 91.9 Å². The highest BCUT2D eigenvalue weighted by Crippen LogP contribution is 2.21. The van der Waals surface area contributed by atoms with E-state index in [-0.39, 0.29) is 39.8 Å². The number of hydrogen-bond acceptors (Lipinski definition) is 2. The molecule has 0 radical (unpaired) electrons. The fourth-order valence-corrected chi connectivity index (χ4v) is 1.84. The minimum absolute atomic E-state index is 0.143. The predicted octanol–water partition coefficient (Wildman–Crippen LogP) is 3.15. The van der Waals surface area contributed by atoms with Gasteiger partial charge in [0.15, 0.2) is 4.73 Å². The lowest BCUT2D eigenvalue weighted by Gasteiger charge is -1.98. The lowest BCUT2D eigenvalue weighted by Crippen LogP contribution is -1.85. The Kier molecular flexibility index (Phi) is 1.21. The second-order valence-corrected chi connectivity index (χ2v) is 3.47. The van der Waals surface area contributed by atoms with Gasteiger partial charge in [-0.15, -0.1) is 0 Å². The van der Waals surface area contributed by atoms with E-state index < -0.39 is 0 Å². The molecule has 0 aliphatic rings. The number of benzene rings is 1. The summed E-state index contributed by atoms with van der Waals surface area (Å²) in [6.45, 7) is 0. The normalized spacial score (nSPS) is 15.2. The summed E-state index contributed by atoms with van der Waals surface area (Å²) in [4.78, 5) is 7.91. The molecule has 0 fully saturated rings. The van der Waals surface area contributed by atoms with Crippen LogP contribution in [0.2, 0.25) is 0 Å². The Morgan fingerprint density at radius 1 is 1.17 bits per heavy atom. The van der Waals surface area contributed by atoms with Crippen molar-refractivity contribution in [1.82, 2.24) is 9.97 Å². The molecule has 1 aromatic heterocycles. The molecule has 0 saturated carbocycles. The van der Waals surface area contributed by atoms with Crippen molar-refractivity contribution in [3.8, 4) is 0 Å². The van der Waals surface area contributed by atoms with Gasteiger partial charge in [0.25, 0.3) is 0 Å². The molecule has 0 saturated heterocycles. The summed E-state index contributed by atoms with van der Waals surface area (Å²) in [6.07, 6.45) is 0. The van der Waals surface area contributed by atoms with Crippen LogP contribution in [0, 0.1) is 0 Å². The van der Waals surface area contributed by atoms with Crippen molar-refractivity contribution in [2.24, 2.45) is 0 Å². The fraction of sp³-hybridized carbons (Fsp3) is 0. The molecular weight excluding hydrogens is 284 g/mol.